The van der Waals surface area contributed by atoms with Gasteiger partial charge in [-0.2, -0.15) is 0 Å². The van der Waals surface area contributed by atoms with Crippen LogP contribution in [0.25, 0.3) is 0 Å². The van der Waals surface area contributed by atoms with Crippen LogP contribution in [0.5, 0.6) is 11.5 Å². The molecule has 1 aliphatic rings. The lowest BCUT2D eigenvalue weighted by Crippen LogP contribution is -2.17. The Morgan fingerprint density at radius 3 is 2.95 bits per heavy atom. The number of hydrogen-bond acceptors (Lipinski definition) is 4. The summed E-state index contributed by atoms with van der Waals surface area (Å²) in [6.45, 7) is 5.26. The Kier molecular flexibility index (Phi) is 6.13. The van der Waals surface area contributed by atoms with Crippen molar-refractivity contribution < 1.29 is 14.2 Å². The Bertz CT molecular complexity index is 433. The fourth-order valence-electron chi connectivity index (χ4n) is 2.24. The van der Waals surface area contributed by atoms with Gasteiger partial charge in [0.15, 0.2) is 11.5 Å². The van der Waals surface area contributed by atoms with E-state index in [1.54, 1.807) is 7.11 Å². The van der Waals surface area contributed by atoms with Gasteiger partial charge < -0.3 is 19.5 Å². The van der Waals surface area contributed by atoms with E-state index in [-0.39, 0.29) is 6.10 Å². The van der Waals surface area contributed by atoms with Crippen LogP contribution in [0.4, 0.5) is 0 Å². The van der Waals surface area contributed by atoms with Gasteiger partial charge in [-0.15, -0.1) is 0 Å². The fraction of sp³-hybridized carbons (Fsp3) is 0.600. The first-order chi connectivity index (χ1) is 9.74. The molecule has 1 unspecified atom stereocenters. The number of methoxy groups -OCH3 is 1. The highest BCUT2D eigenvalue weighted by Crippen LogP contribution is 2.37. The van der Waals surface area contributed by atoms with E-state index in [4.69, 9.17) is 14.2 Å². The van der Waals surface area contributed by atoms with Crippen LogP contribution in [0.1, 0.15) is 25.3 Å². The number of nitrogens with one attached hydrogen (secondary N) is 1. The molecule has 1 atom stereocenters. The monoisotopic (exact) mass is 343 g/mol. The molecule has 5 heteroatoms. The zero-order valence-electron chi connectivity index (χ0n) is 12.1. The number of benzene rings is 1. The third-order valence-corrected chi connectivity index (χ3v) is 3.89. The van der Waals surface area contributed by atoms with Crippen molar-refractivity contribution in [3.8, 4) is 11.5 Å². The summed E-state index contributed by atoms with van der Waals surface area (Å²) >= 11 is 3.57. The van der Waals surface area contributed by atoms with Crippen LogP contribution in [0, 0.1) is 0 Å². The summed E-state index contributed by atoms with van der Waals surface area (Å²) in [5.41, 5.74) is 1.17. The van der Waals surface area contributed by atoms with Crippen LogP contribution in [0.2, 0.25) is 0 Å². The van der Waals surface area contributed by atoms with Crippen molar-refractivity contribution in [2.24, 2.45) is 0 Å². The Labute approximate surface area is 128 Å². The van der Waals surface area contributed by atoms with E-state index in [0.717, 1.165) is 48.5 Å². The SMILES string of the molecule is CCNCc1cc(Br)c(OCC2CCCO2)c(OC)c1. The fourth-order valence-corrected chi connectivity index (χ4v) is 2.84. The summed E-state index contributed by atoms with van der Waals surface area (Å²) in [7, 11) is 1.66. The van der Waals surface area contributed by atoms with E-state index < -0.39 is 0 Å². The topological polar surface area (TPSA) is 39.7 Å². The third kappa shape index (κ3) is 4.11. The summed E-state index contributed by atoms with van der Waals surface area (Å²) < 4.78 is 17.8. The molecule has 0 spiro atoms. The predicted molar refractivity (Wildman–Crippen MR) is 82.5 cm³/mol. The first-order valence-corrected chi connectivity index (χ1v) is 7.85. The zero-order chi connectivity index (χ0) is 14.4. The molecule has 1 aliphatic heterocycles. The second-order valence-electron chi connectivity index (χ2n) is 4.84. The second kappa shape index (κ2) is 7.86. The van der Waals surface area contributed by atoms with Crippen molar-refractivity contribution in [3.63, 3.8) is 0 Å². The average molecular weight is 344 g/mol. The van der Waals surface area contributed by atoms with Crippen LogP contribution in [-0.2, 0) is 11.3 Å². The lowest BCUT2D eigenvalue weighted by molar-refractivity contribution is 0.0667. The largest absolute Gasteiger partial charge is 0.493 e. The van der Waals surface area contributed by atoms with Crippen LogP contribution in [0.15, 0.2) is 16.6 Å². The highest BCUT2D eigenvalue weighted by molar-refractivity contribution is 9.10. The van der Waals surface area contributed by atoms with Crippen molar-refractivity contribution in [1.82, 2.24) is 5.32 Å². The van der Waals surface area contributed by atoms with E-state index in [2.05, 4.69) is 34.2 Å². The molecule has 1 N–H and O–H groups in total. The molecule has 1 heterocycles. The van der Waals surface area contributed by atoms with Crippen LogP contribution in [0.3, 0.4) is 0 Å². The van der Waals surface area contributed by atoms with Gasteiger partial charge in [0.1, 0.15) is 6.61 Å². The van der Waals surface area contributed by atoms with Gasteiger partial charge in [0.2, 0.25) is 0 Å². The molecular formula is C15H22BrNO3. The van der Waals surface area contributed by atoms with Gasteiger partial charge >= 0.3 is 0 Å². The summed E-state index contributed by atoms with van der Waals surface area (Å²) in [5.74, 6) is 1.51. The maximum absolute atomic E-state index is 5.88. The minimum Gasteiger partial charge on any atom is -0.493 e. The molecule has 1 aromatic carbocycles. The molecule has 0 bridgehead atoms. The Balaban J connectivity index is 2.06. The van der Waals surface area contributed by atoms with E-state index in [1.807, 2.05) is 6.07 Å². The third-order valence-electron chi connectivity index (χ3n) is 3.31. The van der Waals surface area contributed by atoms with Gasteiger partial charge in [-0.3, -0.25) is 0 Å². The molecule has 20 heavy (non-hydrogen) atoms. The number of rotatable bonds is 7. The molecule has 2 rings (SSSR count). The quantitative estimate of drug-likeness (QED) is 0.825. The zero-order valence-corrected chi connectivity index (χ0v) is 13.7. The van der Waals surface area contributed by atoms with Crippen molar-refractivity contribution >= 4 is 15.9 Å². The summed E-state index contributed by atoms with van der Waals surface area (Å²) in [4.78, 5) is 0. The number of ether oxygens (including phenoxy) is 3. The van der Waals surface area contributed by atoms with Gasteiger partial charge in [-0.25, -0.2) is 0 Å². The smallest absolute Gasteiger partial charge is 0.175 e. The standard InChI is InChI=1S/C15H22BrNO3/c1-3-17-9-11-7-13(16)15(14(8-11)18-2)20-10-12-5-4-6-19-12/h7-8,12,17H,3-6,9-10H2,1-2H3. The highest BCUT2D eigenvalue weighted by Gasteiger charge is 2.18. The first-order valence-electron chi connectivity index (χ1n) is 7.06. The molecule has 0 aromatic heterocycles. The van der Waals surface area contributed by atoms with Gasteiger partial charge in [-0.05, 0) is 53.0 Å². The lowest BCUT2D eigenvalue weighted by atomic mass is 10.2. The molecule has 1 fully saturated rings. The highest BCUT2D eigenvalue weighted by atomic mass is 79.9. The summed E-state index contributed by atoms with van der Waals surface area (Å²) in [5, 5.41) is 3.30. The maximum Gasteiger partial charge on any atom is 0.175 e. The lowest BCUT2D eigenvalue weighted by Gasteiger charge is -2.16. The Morgan fingerprint density at radius 2 is 2.30 bits per heavy atom. The Hall–Kier alpha value is -0.780. The van der Waals surface area contributed by atoms with E-state index >= 15 is 0 Å². The minimum atomic E-state index is 0.202. The summed E-state index contributed by atoms with van der Waals surface area (Å²) in [6.07, 6.45) is 2.39. The number of halogens is 1. The van der Waals surface area contributed by atoms with E-state index in [0.29, 0.717) is 6.61 Å². The molecule has 0 radical (unpaired) electrons. The molecule has 0 amide bonds. The molecule has 1 saturated heterocycles. The van der Waals surface area contributed by atoms with Crippen LogP contribution < -0.4 is 14.8 Å². The molecule has 0 aliphatic carbocycles. The second-order valence-corrected chi connectivity index (χ2v) is 5.69. The maximum atomic E-state index is 5.88. The average Bonchev–Trinajstić information content (AvgIpc) is 2.96. The van der Waals surface area contributed by atoms with Crippen LogP contribution >= 0.6 is 15.9 Å². The van der Waals surface area contributed by atoms with E-state index in [9.17, 15) is 0 Å². The normalized spacial score (nSPS) is 18.2. The Morgan fingerprint density at radius 1 is 1.45 bits per heavy atom. The van der Waals surface area contributed by atoms with Crippen molar-refractivity contribution in [1.29, 1.82) is 0 Å². The molecule has 1 aromatic rings. The van der Waals surface area contributed by atoms with Gasteiger partial charge in [-0.1, -0.05) is 6.92 Å². The van der Waals surface area contributed by atoms with Crippen molar-refractivity contribution in [3.05, 3.63) is 22.2 Å². The summed E-state index contributed by atoms with van der Waals surface area (Å²) in [6, 6.07) is 4.08. The van der Waals surface area contributed by atoms with Gasteiger partial charge in [0, 0.05) is 13.2 Å². The molecule has 4 nitrogen and oxygen atoms in total. The predicted octanol–water partition coefficient (Wildman–Crippen LogP) is 3.13. The minimum absolute atomic E-state index is 0.202. The van der Waals surface area contributed by atoms with Crippen molar-refractivity contribution in [2.45, 2.75) is 32.4 Å². The van der Waals surface area contributed by atoms with Crippen LogP contribution in [-0.4, -0.2) is 33.0 Å². The van der Waals surface area contributed by atoms with E-state index in [1.165, 1.54) is 5.56 Å². The first kappa shape index (κ1) is 15.6. The van der Waals surface area contributed by atoms with Gasteiger partial charge in [0.05, 0.1) is 17.7 Å². The van der Waals surface area contributed by atoms with Crippen molar-refractivity contribution in [2.75, 3.05) is 26.9 Å². The van der Waals surface area contributed by atoms with Gasteiger partial charge in [0.25, 0.3) is 0 Å². The molecule has 112 valence electrons. The number of hydrogen-bond donors (Lipinski definition) is 1. The molecule has 0 saturated carbocycles. The molecular weight excluding hydrogens is 322 g/mol.